The van der Waals surface area contributed by atoms with E-state index in [0.717, 1.165) is 14.4 Å². The van der Waals surface area contributed by atoms with E-state index in [2.05, 4.69) is 26.2 Å². The second kappa shape index (κ2) is 8.69. The fourth-order valence-electron chi connectivity index (χ4n) is 1.80. The number of nitrogens with one attached hydrogen (secondary N) is 1. The Balaban J connectivity index is 1.96. The quantitative estimate of drug-likeness (QED) is 0.707. The van der Waals surface area contributed by atoms with Gasteiger partial charge in [-0.3, -0.25) is 9.59 Å². The molecule has 0 unspecified atom stereocenters. The third-order valence-corrected chi connectivity index (χ3v) is 4.28. The van der Waals surface area contributed by atoms with E-state index in [-0.39, 0.29) is 18.2 Å². The molecule has 23 heavy (non-hydrogen) atoms. The van der Waals surface area contributed by atoms with E-state index in [0.29, 0.717) is 18.7 Å². The number of hydrogen-bond acceptors (Lipinski definition) is 4. The van der Waals surface area contributed by atoms with Gasteiger partial charge in [-0.15, -0.1) is 0 Å². The van der Waals surface area contributed by atoms with E-state index < -0.39 is 0 Å². The van der Waals surface area contributed by atoms with Crippen molar-refractivity contribution in [3.05, 3.63) is 52.6 Å². The van der Waals surface area contributed by atoms with E-state index in [9.17, 15) is 9.59 Å². The number of amides is 2. The van der Waals surface area contributed by atoms with Crippen LogP contribution in [0, 0.1) is 0 Å². The van der Waals surface area contributed by atoms with Crippen molar-refractivity contribution in [3.63, 3.8) is 0 Å². The van der Waals surface area contributed by atoms with Crippen molar-refractivity contribution in [1.82, 2.24) is 10.3 Å². The molecule has 1 aromatic heterocycles. The first-order chi connectivity index (χ1) is 11.0. The van der Waals surface area contributed by atoms with Gasteiger partial charge in [0.1, 0.15) is 10.7 Å². The number of aromatic nitrogens is 1. The van der Waals surface area contributed by atoms with Crippen LogP contribution in [0.5, 0.6) is 0 Å². The van der Waals surface area contributed by atoms with Gasteiger partial charge in [-0.1, -0.05) is 39.8 Å². The molecule has 2 aromatic rings. The van der Waals surface area contributed by atoms with Gasteiger partial charge in [-0.2, -0.15) is 0 Å². The van der Waals surface area contributed by atoms with Crippen LogP contribution in [0.25, 0.3) is 0 Å². The summed E-state index contributed by atoms with van der Waals surface area (Å²) in [5.74, 6) is -0.629. The summed E-state index contributed by atoms with van der Waals surface area (Å²) in [5, 5.41) is 3.47. The predicted octanol–water partition coefficient (Wildman–Crippen LogP) is 2.99. The molecule has 0 spiro atoms. The monoisotopic (exact) mass is 393 g/mol. The summed E-state index contributed by atoms with van der Waals surface area (Å²) in [6.07, 6.45) is 0.778. The maximum absolute atomic E-state index is 12.0. The molecule has 2 rings (SSSR count). The first kappa shape index (κ1) is 17.5. The maximum atomic E-state index is 12.0. The summed E-state index contributed by atoms with van der Waals surface area (Å²) in [5.41, 5.74) is 5.41. The van der Waals surface area contributed by atoms with Gasteiger partial charge in [0, 0.05) is 22.3 Å². The molecule has 5 nitrogen and oxygen atoms in total. The van der Waals surface area contributed by atoms with Crippen molar-refractivity contribution in [2.75, 3.05) is 6.54 Å². The highest BCUT2D eigenvalue weighted by atomic mass is 79.9. The predicted molar refractivity (Wildman–Crippen MR) is 93.3 cm³/mol. The Bertz CT molecular complexity index is 709. The van der Waals surface area contributed by atoms with Crippen molar-refractivity contribution in [1.29, 1.82) is 0 Å². The second-order valence-corrected chi connectivity index (χ2v) is 6.76. The summed E-state index contributed by atoms with van der Waals surface area (Å²) >= 11 is 4.91. The number of nitrogens with zero attached hydrogens (tertiary/aromatic N) is 1. The zero-order valence-electron chi connectivity index (χ0n) is 12.3. The highest BCUT2D eigenvalue weighted by Crippen LogP contribution is 2.28. The van der Waals surface area contributed by atoms with Crippen molar-refractivity contribution >= 4 is 39.5 Å². The zero-order valence-corrected chi connectivity index (χ0v) is 14.7. The van der Waals surface area contributed by atoms with Crippen LogP contribution in [-0.4, -0.2) is 23.3 Å². The Labute approximate surface area is 147 Å². The van der Waals surface area contributed by atoms with Crippen LogP contribution in [0.2, 0.25) is 0 Å². The summed E-state index contributed by atoms with van der Waals surface area (Å²) < 4.78 is 0.992. The second-order valence-electron chi connectivity index (χ2n) is 4.75. The molecule has 0 saturated heterocycles. The fourth-order valence-corrected chi connectivity index (χ4v) is 3.22. The average molecular weight is 394 g/mol. The molecule has 0 radical (unpaired) electrons. The molecule has 1 aromatic carbocycles. The van der Waals surface area contributed by atoms with Crippen LogP contribution < -0.4 is 11.1 Å². The van der Waals surface area contributed by atoms with Crippen LogP contribution in [0.4, 0.5) is 0 Å². The standard InChI is InChI=1S/C16H16BrN3O2S/c17-11-4-1-5-12(10-11)23-15-8-2-6-13(20-15)16(22)19-9-3-7-14(18)21/h1-2,4-6,8,10H,3,7,9H2,(H2,18,21)(H,19,22). The number of carbonyl (C=O) groups is 2. The molecule has 1 heterocycles. The Morgan fingerprint density at radius 2 is 2.00 bits per heavy atom. The maximum Gasteiger partial charge on any atom is 0.269 e. The molecular formula is C16H16BrN3O2S. The van der Waals surface area contributed by atoms with Crippen molar-refractivity contribution in [2.45, 2.75) is 22.8 Å². The van der Waals surface area contributed by atoms with Crippen molar-refractivity contribution in [3.8, 4) is 0 Å². The topological polar surface area (TPSA) is 85.1 Å². The first-order valence-electron chi connectivity index (χ1n) is 7.01. The van der Waals surface area contributed by atoms with Gasteiger partial charge >= 0.3 is 0 Å². The average Bonchev–Trinajstić information content (AvgIpc) is 2.51. The molecule has 0 aliphatic rings. The number of carbonyl (C=O) groups excluding carboxylic acids is 2. The first-order valence-corrected chi connectivity index (χ1v) is 8.62. The molecule has 0 bridgehead atoms. The molecule has 3 N–H and O–H groups in total. The van der Waals surface area contributed by atoms with E-state index in [1.165, 1.54) is 11.8 Å². The van der Waals surface area contributed by atoms with Gasteiger partial charge in [-0.05, 0) is 36.8 Å². The van der Waals surface area contributed by atoms with Crippen molar-refractivity contribution < 1.29 is 9.59 Å². The Hall–Kier alpha value is -1.86. The lowest BCUT2D eigenvalue weighted by Crippen LogP contribution is -2.26. The Morgan fingerprint density at radius 3 is 2.74 bits per heavy atom. The molecule has 120 valence electrons. The fraction of sp³-hybridized carbons (Fsp3) is 0.188. The minimum absolute atomic E-state index is 0.256. The van der Waals surface area contributed by atoms with Gasteiger partial charge in [-0.25, -0.2) is 4.98 Å². The van der Waals surface area contributed by atoms with Gasteiger partial charge in [0.2, 0.25) is 5.91 Å². The summed E-state index contributed by atoms with van der Waals surface area (Å²) in [6, 6.07) is 13.2. The van der Waals surface area contributed by atoms with Gasteiger partial charge in [0.15, 0.2) is 0 Å². The molecule has 0 fully saturated rings. The number of primary amides is 1. The molecule has 0 saturated carbocycles. The van der Waals surface area contributed by atoms with E-state index in [1.54, 1.807) is 12.1 Å². The Kier molecular flexibility index (Phi) is 6.61. The number of pyridine rings is 1. The van der Waals surface area contributed by atoms with E-state index in [4.69, 9.17) is 5.73 Å². The largest absolute Gasteiger partial charge is 0.370 e. The molecule has 0 atom stereocenters. The molecule has 2 amide bonds. The molecular weight excluding hydrogens is 378 g/mol. The normalized spacial score (nSPS) is 10.3. The molecule has 0 aliphatic heterocycles. The number of halogens is 1. The smallest absolute Gasteiger partial charge is 0.269 e. The SMILES string of the molecule is NC(=O)CCCNC(=O)c1cccc(Sc2cccc(Br)c2)n1. The van der Waals surface area contributed by atoms with Crippen LogP contribution in [-0.2, 0) is 4.79 Å². The Morgan fingerprint density at radius 1 is 1.22 bits per heavy atom. The third kappa shape index (κ3) is 6.03. The van der Waals surface area contributed by atoms with Crippen LogP contribution in [0.1, 0.15) is 23.3 Å². The van der Waals surface area contributed by atoms with E-state index in [1.807, 2.05) is 30.3 Å². The molecule has 0 aliphatic carbocycles. The van der Waals surface area contributed by atoms with Crippen LogP contribution in [0.3, 0.4) is 0 Å². The highest BCUT2D eigenvalue weighted by Gasteiger charge is 2.08. The highest BCUT2D eigenvalue weighted by molar-refractivity contribution is 9.10. The lowest BCUT2D eigenvalue weighted by Gasteiger charge is -2.06. The lowest BCUT2D eigenvalue weighted by atomic mass is 10.3. The number of nitrogens with two attached hydrogens (primary N) is 1. The summed E-state index contributed by atoms with van der Waals surface area (Å²) in [6.45, 7) is 0.395. The van der Waals surface area contributed by atoms with Crippen LogP contribution in [0.15, 0.2) is 56.9 Å². The van der Waals surface area contributed by atoms with Gasteiger partial charge in [0.05, 0.1) is 0 Å². The minimum atomic E-state index is -0.371. The molecule has 7 heteroatoms. The number of rotatable bonds is 7. The lowest BCUT2D eigenvalue weighted by molar-refractivity contribution is -0.118. The van der Waals surface area contributed by atoms with Gasteiger partial charge in [0.25, 0.3) is 5.91 Å². The van der Waals surface area contributed by atoms with Crippen LogP contribution >= 0.6 is 27.7 Å². The van der Waals surface area contributed by atoms with Crippen molar-refractivity contribution in [2.24, 2.45) is 5.73 Å². The number of benzene rings is 1. The van der Waals surface area contributed by atoms with E-state index >= 15 is 0 Å². The zero-order chi connectivity index (χ0) is 16.7. The van der Waals surface area contributed by atoms with Gasteiger partial charge < -0.3 is 11.1 Å². The summed E-state index contributed by atoms with van der Waals surface area (Å²) in [7, 11) is 0. The number of hydrogen-bond donors (Lipinski definition) is 2. The summed E-state index contributed by atoms with van der Waals surface area (Å²) in [4.78, 5) is 28.1. The third-order valence-electron chi connectivity index (χ3n) is 2.86. The minimum Gasteiger partial charge on any atom is -0.370 e.